The van der Waals surface area contributed by atoms with Crippen LogP contribution in [0.1, 0.15) is 23.8 Å². The van der Waals surface area contributed by atoms with Gasteiger partial charge < -0.3 is 15.1 Å². The van der Waals surface area contributed by atoms with Crippen LogP contribution < -0.4 is 10.6 Å². The summed E-state index contributed by atoms with van der Waals surface area (Å²) in [5.74, 6) is 0.973. The van der Waals surface area contributed by atoms with Crippen molar-refractivity contribution in [3.05, 3.63) is 53.5 Å². The molecule has 2 N–H and O–H groups in total. The van der Waals surface area contributed by atoms with Crippen LogP contribution in [-0.4, -0.2) is 6.54 Å². The van der Waals surface area contributed by atoms with Gasteiger partial charge in [0.15, 0.2) is 0 Å². The summed E-state index contributed by atoms with van der Waals surface area (Å²) in [6, 6.07) is 10.3. The molecule has 1 aromatic carbocycles. The van der Waals surface area contributed by atoms with E-state index in [1.54, 1.807) is 6.26 Å². The lowest BCUT2D eigenvalue weighted by molar-refractivity contribution is 0.503. The molecular weight excluding hydrogens is 224 g/mol. The molecule has 0 spiro atoms. The summed E-state index contributed by atoms with van der Waals surface area (Å²) in [6.45, 7) is 6.50. The maximum Gasteiger partial charge on any atom is 0.123 e. The third-order valence-electron chi connectivity index (χ3n) is 3.10. The largest absolute Gasteiger partial charge is 0.467 e. The van der Waals surface area contributed by atoms with E-state index < -0.39 is 0 Å². The molecule has 0 fully saturated rings. The second kappa shape index (κ2) is 5.74. The molecule has 3 nitrogen and oxygen atoms in total. The van der Waals surface area contributed by atoms with Crippen LogP contribution in [0.25, 0.3) is 0 Å². The van der Waals surface area contributed by atoms with E-state index in [0.29, 0.717) is 6.54 Å². The Morgan fingerprint density at radius 3 is 2.72 bits per heavy atom. The van der Waals surface area contributed by atoms with Crippen molar-refractivity contribution in [3.63, 3.8) is 0 Å². The zero-order chi connectivity index (χ0) is 13.0. The monoisotopic (exact) mass is 244 g/mol. The molecule has 0 aliphatic rings. The zero-order valence-corrected chi connectivity index (χ0v) is 11.0. The number of hydrogen-bond donors (Lipinski definition) is 1. The van der Waals surface area contributed by atoms with Gasteiger partial charge in [0.05, 0.1) is 12.8 Å². The predicted octanol–water partition coefficient (Wildman–Crippen LogP) is 3.07. The fraction of sp³-hybridized carbons (Fsp3) is 0.333. The van der Waals surface area contributed by atoms with Crippen molar-refractivity contribution in [3.8, 4) is 0 Å². The molecule has 0 atom stereocenters. The minimum absolute atomic E-state index is 0.561. The molecule has 1 heterocycles. The number of aryl methyl sites for hydroxylation is 1. The summed E-state index contributed by atoms with van der Waals surface area (Å²) >= 11 is 0. The molecule has 0 unspecified atom stereocenters. The van der Waals surface area contributed by atoms with Crippen LogP contribution in [0.3, 0.4) is 0 Å². The van der Waals surface area contributed by atoms with Crippen molar-refractivity contribution in [1.82, 2.24) is 0 Å². The van der Waals surface area contributed by atoms with Crippen molar-refractivity contribution in [2.45, 2.75) is 26.9 Å². The molecule has 0 amide bonds. The maximum atomic E-state index is 5.84. The topological polar surface area (TPSA) is 42.4 Å². The highest BCUT2D eigenvalue weighted by Gasteiger charge is 2.11. The van der Waals surface area contributed by atoms with Crippen molar-refractivity contribution in [1.29, 1.82) is 0 Å². The van der Waals surface area contributed by atoms with Gasteiger partial charge in [-0.3, -0.25) is 0 Å². The van der Waals surface area contributed by atoms with Gasteiger partial charge in [0, 0.05) is 18.8 Å². The molecule has 0 saturated heterocycles. The molecule has 2 rings (SSSR count). The highest BCUT2D eigenvalue weighted by atomic mass is 16.3. The Bertz CT molecular complexity index is 491. The van der Waals surface area contributed by atoms with Gasteiger partial charge in [0.1, 0.15) is 5.76 Å². The first-order chi connectivity index (χ1) is 8.74. The van der Waals surface area contributed by atoms with Gasteiger partial charge in [-0.25, -0.2) is 0 Å². The van der Waals surface area contributed by atoms with E-state index in [9.17, 15) is 0 Å². The van der Waals surface area contributed by atoms with Gasteiger partial charge in [-0.15, -0.1) is 0 Å². The third kappa shape index (κ3) is 2.74. The number of nitrogens with two attached hydrogens (primary N) is 1. The first kappa shape index (κ1) is 12.7. The molecule has 0 aliphatic heterocycles. The van der Waals surface area contributed by atoms with Crippen LogP contribution in [0, 0.1) is 6.92 Å². The SMILES string of the molecule is CCN(Cc1ccco1)c1ccc(C)cc1CN. The molecule has 18 heavy (non-hydrogen) atoms. The van der Waals surface area contributed by atoms with E-state index in [0.717, 1.165) is 18.8 Å². The van der Waals surface area contributed by atoms with Crippen LogP contribution in [-0.2, 0) is 13.1 Å². The van der Waals surface area contributed by atoms with Crippen molar-refractivity contribution < 1.29 is 4.42 Å². The average molecular weight is 244 g/mol. The van der Waals surface area contributed by atoms with Crippen molar-refractivity contribution >= 4 is 5.69 Å². The summed E-state index contributed by atoms with van der Waals surface area (Å²) in [6.07, 6.45) is 1.71. The number of anilines is 1. The molecule has 0 bridgehead atoms. The number of nitrogens with zero attached hydrogens (tertiary/aromatic N) is 1. The highest BCUT2D eigenvalue weighted by Crippen LogP contribution is 2.23. The van der Waals surface area contributed by atoms with Crippen LogP contribution in [0.15, 0.2) is 41.0 Å². The van der Waals surface area contributed by atoms with Crippen LogP contribution >= 0.6 is 0 Å². The second-order valence-electron chi connectivity index (χ2n) is 4.43. The second-order valence-corrected chi connectivity index (χ2v) is 4.43. The minimum Gasteiger partial charge on any atom is -0.467 e. The fourth-order valence-electron chi connectivity index (χ4n) is 2.14. The van der Waals surface area contributed by atoms with Crippen LogP contribution in [0.5, 0.6) is 0 Å². The Kier molecular flexibility index (Phi) is 4.05. The molecule has 0 saturated carbocycles. The van der Waals surface area contributed by atoms with E-state index in [4.69, 9.17) is 10.2 Å². The minimum atomic E-state index is 0.561. The van der Waals surface area contributed by atoms with Gasteiger partial charge >= 0.3 is 0 Å². The number of furan rings is 1. The van der Waals surface area contributed by atoms with Gasteiger partial charge in [0.2, 0.25) is 0 Å². The number of benzene rings is 1. The summed E-state index contributed by atoms with van der Waals surface area (Å²) < 4.78 is 5.41. The quantitative estimate of drug-likeness (QED) is 0.879. The van der Waals surface area contributed by atoms with E-state index in [1.165, 1.54) is 16.8 Å². The smallest absolute Gasteiger partial charge is 0.123 e. The lowest BCUT2D eigenvalue weighted by Crippen LogP contribution is -2.23. The Morgan fingerprint density at radius 1 is 1.28 bits per heavy atom. The molecule has 96 valence electrons. The van der Waals surface area contributed by atoms with Crippen LogP contribution in [0.4, 0.5) is 5.69 Å². The average Bonchev–Trinajstić information content (AvgIpc) is 2.89. The summed E-state index contributed by atoms with van der Waals surface area (Å²) in [5, 5.41) is 0. The Balaban J connectivity index is 2.26. The molecule has 1 aromatic heterocycles. The van der Waals surface area contributed by atoms with E-state index in [-0.39, 0.29) is 0 Å². The molecule has 3 heteroatoms. The lowest BCUT2D eigenvalue weighted by atomic mass is 10.1. The van der Waals surface area contributed by atoms with E-state index in [2.05, 4.69) is 36.9 Å². The normalized spacial score (nSPS) is 10.6. The van der Waals surface area contributed by atoms with Crippen molar-refractivity contribution in [2.24, 2.45) is 5.73 Å². The first-order valence-electron chi connectivity index (χ1n) is 6.31. The Morgan fingerprint density at radius 2 is 2.11 bits per heavy atom. The third-order valence-corrected chi connectivity index (χ3v) is 3.10. The molecule has 2 aromatic rings. The van der Waals surface area contributed by atoms with Gasteiger partial charge in [-0.05, 0) is 37.6 Å². The Labute approximate surface area is 108 Å². The standard InChI is InChI=1S/C15H20N2O/c1-3-17(11-14-5-4-8-18-14)15-7-6-12(2)9-13(15)10-16/h4-9H,3,10-11,16H2,1-2H3. The summed E-state index contributed by atoms with van der Waals surface area (Å²) in [4.78, 5) is 2.28. The van der Waals surface area contributed by atoms with E-state index in [1.807, 2.05) is 12.1 Å². The predicted molar refractivity (Wildman–Crippen MR) is 74.5 cm³/mol. The highest BCUT2D eigenvalue weighted by molar-refractivity contribution is 5.55. The fourth-order valence-corrected chi connectivity index (χ4v) is 2.14. The first-order valence-corrected chi connectivity index (χ1v) is 6.31. The van der Waals surface area contributed by atoms with Gasteiger partial charge in [-0.2, -0.15) is 0 Å². The molecule has 0 aliphatic carbocycles. The van der Waals surface area contributed by atoms with Crippen molar-refractivity contribution in [2.75, 3.05) is 11.4 Å². The summed E-state index contributed by atoms with van der Waals surface area (Å²) in [7, 11) is 0. The van der Waals surface area contributed by atoms with E-state index >= 15 is 0 Å². The Hall–Kier alpha value is -1.74. The van der Waals surface area contributed by atoms with Gasteiger partial charge in [0.25, 0.3) is 0 Å². The summed E-state index contributed by atoms with van der Waals surface area (Å²) in [5.41, 5.74) is 9.46. The number of rotatable bonds is 5. The lowest BCUT2D eigenvalue weighted by Gasteiger charge is -2.24. The zero-order valence-electron chi connectivity index (χ0n) is 11.0. The van der Waals surface area contributed by atoms with Crippen LogP contribution in [0.2, 0.25) is 0 Å². The van der Waals surface area contributed by atoms with Gasteiger partial charge in [-0.1, -0.05) is 17.7 Å². The maximum absolute atomic E-state index is 5.84. The molecule has 0 radical (unpaired) electrons. The molecular formula is C15H20N2O. The number of hydrogen-bond acceptors (Lipinski definition) is 3.